The number of carbonyl (C=O) groups excluding carboxylic acids is 2. The fourth-order valence-corrected chi connectivity index (χ4v) is 14.0. The second-order valence-corrected chi connectivity index (χ2v) is 17.7. The van der Waals surface area contributed by atoms with Crippen LogP contribution in [0.3, 0.4) is 0 Å². The second kappa shape index (κ2) is 7.01. The van der Waals surface area contributed by atoms with Gasteiger partial charge < -0.3 is 5.32 Å². The first-order valence-corrected chi connectivity index (χ1v) is 14.9. The summed E-state index contributed by atoms with van der Waals surface area (Å²) in [6.45, 7) is 14.4. The summed E-state index contributed by atoms with van der Waals surface area (Å²) in [6, 6.07) is 1.76. The van der Waals surface area contributed by atoms with Crippen molar-refractivity contribution in [2.24, 2.45) is 43.3 Å². The van der Waals surface area contributed by atoms with E-state index in [1.165, 1.54) is 38.5 Å². The number of aromatic nitrogens is 2. The molecule has 0 aromatic carbocycles. The molecule has 1 aromatic heterocycles. The summed E-state index contributed by atoms with van der Waals surface area (Å²) in [5.74, 6) is 0.970. The van der Waals surface area contributed by atoms with Crippen molar-refractivity contribution in [3.63, 3.8) is 0 Å². The van der Waals surface area contributed by atoms with Crippen molar-refractivity contribution in [1.29, 1.82) is 0 Å². The standard InChI is InChI=1S/C32H46N4O2/c1-25-9-26(2)11-27(3,10-25)17-31(15-25,16-26)22(37)34-21-7-8-33-24(35-21)36-23(38)32-18-28(4)12-29(5,19-32)14-30(6,13-28)20-32/h7-8H,9-20H2,1-6H3,(H2,33,34,35,36,37,38). The number of rotatable bonds is 4. The zero-order valence-electron chi connectivity index (χ0n) is 24.4. The smallest absolute Gasteiger partial charge is 0.233 e. The average Bonchev–Trinajstić information content (AvgIpc) is 2.67. The van der Waals surface area contributed by atoms with E-state index in [0.717, 1.165) is 38.5 Å². The zero-order valence-corrected chi connectivity index (χ0v) is 24.4. The first kappa shape index (κ1) is 25.0. The molecule has 0 aliphatic heterocycles. The maximum atomic E-state index is 13.9. The number of anilines is 2. The van der Waals surface area contributed by atoms with Gasteiger partial charge in [-0.3, -0.25) is 14.9 Å². The predicted octanol–water partition coefficient (Wildman–Crippen LogP) is 7.13. The molecule has 0 spiro atoms. The molecule has 2 N–H and O–H groups in total. The number of nitrogens with zero attached hydrogens (tertiary/aromatic N) is 2. The molecule has 38 heavy (non-hydrogen) atoms. The molecule has 0 radical (unpaired) electrons. The lowest BCUT2D eigenvalue weighted by atomic mass is 9.36. The Labute approximate surface area is 227 Å². The van der Waals surface area contributed by atoms with E-state index in [-0.39, 0.29) is 55.1 Å². The fourth-order valence-electron chi connectivity index (χ4n) is 14.0. The Bertz CT molecular complexity index is 1060. The highest BCUT2D eigenvalue weighted by atomic mass is 16.2. The Morgan fingerprint density at radius 2 is 0.921 bits per heavy atom. The molecule has 6 heteroatoms. The lowest BCUT2D eigenvalue weighted by Gasteiger charge is -2.68. The first-order valence-electron chi connectivity index (χ1n) is 14.9. The van der Waals surface area contributed by atoms with Crippen LogP contribution in [0.5, 0.6) is 0 Å². The molecule has 0 atom stereocenters. The summed E-state index contributed by atoms with van der Waals surface area (Å²) in [5.41, 5.74) is 0.721. The van der Waals surface area contributed by atoms with Crippen LogP contribution in [0, 0.1) is 43.3 Å². The molecule has 9 rings (SSSR count). The topological polar surface area (TPSA) is 84.0 Å². The molecule has 1 heterocycles. The quantitative estimate of drug-likeness (QED) is 0.444. The Morgan fingerprint density at radius 3 is 1.29 bits per heavy atom. The monoisotopic (exact) mass is 518 g/mol. The number of amides is 2. The van der Waals surface area contributed by atoms with Crippen LogP contribution in [-0.2, 0) is 9.59 Å². The number of carbonyl (C=O) groups is 2. The molecule has 0 unspecified atom stereocenters. The van der Waals surface area contributed by atoms with Crippen molar-refractivity contribution >= 4 is 23.6 Å². The third kappa shape index (κ3) is 3.71. The second-order valence-electron chi connectivity index (χ2n) is 17.7. The van der Waals surface area contributed by atoms with Crippen LogP contribution in [0.15, 0.2) is 12.3 Å². The van der Waals surface area contributed by atoms with Crippen LogP contribution in [0.25, 0.3) is 0 Å². The molecular weight excluding hydrogens is 472 g/mol. The SMILES string of the molecule is CC12CC3(C)CC(C)(C1)CC(C(=O)Nc1ccnc(NC(=O)C45CC6(C)CC(C)(CC(C)(C6)C4)C5)n1)(C2)C3. The van der Waals surface area contributed by atoms with Gasteiger partial charge in [-0.15, -0.1) is 0 Å². The van der Waals surface area contributed by atoms with Gasteiger partial charge in [-0.1, -0.05) is 41.5 Å². The molecule has 0 saturated heterocycles. The summed E-state index contributed by atoms with van der Waals surface area (Å²) < 4.78 is 0. The van der Waals surface area contributed by atoms with Gasteiger partial charge >= 0.3 is 0 Å². The Hall–Kier alpha value is -1.98. The minimum absolute atomic E-state index is 0.0682. The summed E-state index contributed by atoms with van der Waals surface area (Å²) in [6.07, 6.45) is 14.8. The molecule has 6 nitrogen and oxygen atoms in total. The van der Waals surface area contributed by atoms with Crippen LogP contribution in [-0.4, -0.2) is 21.8 Å². The van der Waals surface area contributed by atoms with E-state index in [1.807, 2.05) is 0 Å². The lowest BCUT2D eigenvalue weighted by molar-refractivity contribution is -0.188. The molecular formula is C32H46N4O2. The summed E-state index contributed by atoms with van der Waals surface area (Å²) >= 11 is 0. The maximum Gasteiger partial charge on any atom is 0.233 e. The van der Waals surface area contributed by atoms with E-state index < -0.39 is 0 Å². The summed E-state index contributed by atoms with van der Waals surface area (Å²) in [5, 5.41) is 6.28. The van der Waals surface area contributed by atoms with E-state index in [0.29, 0.717) is 11.8 Å². The number of hydrogen-bond acceptors (Lipinski definition) is 4. The normalized spacial score (nSPS) is 51.7. The van der Waals surface area contributed by atoms with Crippen molar-refractivity contribution < 1.29 is 9.59 Å². The predicted molar refractivity (Wildman–Crippen MR) is 148 cm³/mol. The Kier molecular flexibility index (Phi) is 4.62. The van der Waals surface area contributed by atoms with Crippen molar-refractivity contribution in [3.05, 3.63) is 12.3 Å². The molecule has 8 saturated carbocycles. The first-order chi connectivity index (χ1) is 17.5. The van der Waals surface area contributed by atoms with Gasteiger partial charge in [0.2, 0.25) is 17.8 Å². The minimum atomic E-state index is -0.352. The fraction of sp³-hybridized carbons (Fsp3) is 0.812. The van der Waals surface area contributed by atoms with E-state index in [4.69, 9.17) is 0 Å². The molecule has 8 bridgehead atoms. The molecule has 206 valence electrons. The molecule has 8 fully saturated rings. The van der Waals surface area contributed by atoms with Crippen LogP contribution in [0.4, 0.5) is 11.8 Å². The van der Waals surface area contributed by atoms with Crippen LogP contribution >= 0.6 is 0 Å². The Balaban J connectivity index is 1.10. The van der Waals surface area contributed by atoms with Crippen molar-refractivity contribution in [2.45, 2.75) is 119 Å². The van der Waals surface area contributed by atoms with Gasteiger partial charge in [0.15, 0.2) is 0 Å². The van der Waals surface area contributed by atoms with Gasteiger partial charge in [0.1, 0.15) is 5.82 Å². The third-order valence-electron chi connectivity index (χ3n) is 11.8. The van der Waals surface area contributed by atoms with Crippen LogP contribution in [0.2, 0.25) is 0 Å². The van der Waals surface area contributed by atoms with Crippen molar-refractivity contribution in [2.75, 3.05) is 10.6 Å². The average molecular weight is 519 g/mol. The van der Waals surface area contributed by atoms with Gasteiger partial charge in [0.25, 0.3) is 0 Å². The summed E-state index contributed by atoms with van der Waals surface area (Å²) in [7, 11) is 0. The number of hydrogen-bond donors (Lipinski definition) is 2. The minimum Gasteiger partial charge on any atom is -0.310 e. The molecule has 8 aliphatic carbocycles. The Morgan fingerprint density at radius 1 is 0.579 bits per heavy atom. The lowest BCUT2D eigenvalue weighted by Crippen LogP contribution is -2.62. The number of nitrogens with one attached hydrogen (secondary N) is 2. The van der Waals surface area contributed by atoms with E-state index in [2.05, 4.69) is 62.1 Å². The highest BCUT2D eigenvalue weighted by molar-refractivity contribution is 5.96. The largest absolute Gasteiger partial charge is 0.310 e. The zero-order chi connectivity index (χ0) is 27.0. The van der Waals surface area contributed by atoms with Crippen LogP contribution in [0.1, 0.15) is 119 Å². The maximum absolute atomic E-state index is 13.9. The van der Waals surface area contributed by atoms with Gasteiger partial charge in [0.05, 0.1) is 10.8 Å². The van der Waals surface area contributed by atoms with Gasteiger partial charge in [-0.05, 0) is 116 Å². The summed E-state index contributed by atoms with van der Waals surface area (Å²) in [4.78, 5) is 36.8. The van der Waals surface area contributed by atoms with Crippen LogP contribution < -0.4 is 10.6 Å². The highest BCUT2D eigenvalue weighted by Gasteiger charge is 2.67. The van der Waals surface area contributed by atoms with Gasteiger partial charge in [-0.2, -0.15) is 4.98 Å². The third-order valence-corrected chi connectivity index (χ3v) is 11.8. The molecule has 2 amide bonds. The van der Waals surface area contributed by atoms with E-state index in [9.17, 15) is 9.59 Å². The van der Waals surface area contributed by atoms with E-state index >= 15 is 0 Å². The van der Waals surface area contributed by atoms with E-state index in [1.54, 1.807) is 12.3 Å². The van der Waals surface area contributed by atoms with Crippen molar-refractivity contribution in [1.82, 2.24) is 9.97 Å². The van der Waals surface area contributed by atoms with Gasteiger partial charge in [-0.25, -0.2) is 4.98 Å². The van der Waals surface area contributed by atoms with Crippen molar-refractivity contribution in [3.8, 4) is 0 Å². The highest BCUT2D eigenvalue weighted by Crippen LogP contribution is 2.75. The van der Waals surface area contributed by atoms with Gasteiger partial charge in [0, 0.05) is 6.20 Å². The molecule has 8 aliphatic rings. The molecule has 1 aromatic rings.